The van der Waals surface area contributed by atoms with Gasteiger partial charge in [0.2, 0.25) is 0 Å². The first kappa shape index (κ1) is 39.1. The maximum atomic E-state index is 6.79. The Morgan fingerprint density at radius 1 is 0.379 bits per heavy atom. The lowest BCUT2D eigenvalue weighted by Gasteiger charge is -2.26. The first-order valence-electron chi connectivity index (χ1n) is 23.5. The lowest BCUT2D eigenvalue weighted by Crippen LogP contribution is -2.11. The van der Waals surface area contributed by atoms with Crippen LogP contribution in [0.2, 0.25) is 0 Å². The number of furan rings is 1. The molecule has 5 heterocycles. The molecule has 5 aromatic heterocycles. The largest absolute Gasteiger partial charge is 0.454 e. The maximum Gasteiger partial charge on any atom is 0.161 e. The van der Waals surface area contributed by atoms with Gasteiger partial charge in [0, 0.05) is 65.7 Å². The van der Waals surface area contributed by atoms with Crippen molar-refractivity contribution in [1.82, 2.24) is 8.80 Å². The molecule has 0 aliphatic carbocycles. The minimum absolute atomic E-state index is 0.0538. The van der Waals surface area contributed by atoms with Gasteiger partial charge in [-0.25, -0.2) is 0 Å². The molecule has 8 aromatic carbocycles. The topological polar surface area (TPSA) is 25.2 Å². The molecule has 0 saturated carbocycles. The van der Waals surface area contributed by atoms with Gasteiger partial charge in [0.15, 0.2) is 5.58 Å². The van der Waals surface area contributed by atoms with E-state index in [4.69, 9.17) is 4.42 Å². The van der Waals surface area contributed by atoms with Gasteiger partial charge in [-0.15, -0.1) is 0 Å². The van der Waals surface area contributed by atoms with Crippen LogP contribution in [0, 0.1) is 0 Å². The second kappa shape index (κ2) is 13.2. The van der Waals surface area contributed by atoms with Crippen LogP contribution in [0.1, 0.15) is 79.0 Å². The molecular formula is C62H53N3O. The van der Waals surface area contributed by atoms with Crippen molar-refractivity contribution < 1.29 is 4.42 Å². The van der Waals surface area contributed by atoms with Gasteiger partial charge >= 0.3 is 0 Å². The standard InChI is InChI=1S/C62H53N3O/c1-60(2,3)37-30-45(36-24-26-42(27-25-36)63(40-18-12-10-13-19-40)41-20-14-11-15-21-41)54-47(32-37)48-33-38(61(4,5)6)31-46-43-28-29-51-53(57(43)65(54)55(46)48)49-34-39(62(7,8)9)35-50-56(49)64(51)58-44-22-16-17-23-52(44)66-59(50)58/h10-35H,1-9H3. The van der Waals surface area contributed by atoms with Crippen LogP contribution < -0.4 is 4.90 Å². The van der Waals surface area contributed by atoms with Crippen LogP contribution in [0.15, 0.2) is 162 Å². The molecule has 4 heteroatoms. The van der Waals surface area contributed by atoms with Crippen molar-refractivity contribution in [3.63, 3.8) is 0 Å². The van der Waals surface area contributed by atoms with Crippen molar-refractivity contribution in [3.8, 4) is 11.1 Å². The highest BCUT2D eigenvalue weighted by atomic mass is 16.3. The zero-order valence-corrected chi connectivity index (χ0v) is 39.3. The molecule has 0 radical (unpaired) electrons. The van der Waals surface area contributed by atoms with E-state index < -0.39 is 0 Å². The van der Waals surface area contributed by atoms with Crippen LogP contribution in [0.4, 0.5) is 17.1 Å². The molecule has 13 rings (SSSR count). The fourth-order valence-corrected chi connectivity index (χ4v) is 11.1. The summed E-state index contributed by atoms with van der Waals surface area (Å²) in [4.78, 5) is 2.35. The third kappa shape index (κ3) is 5.39. The van der Waals surface area contributed by atoms with Gasteiger partial charge in [0.05, 0.1) is 27.6 Å². The molecule has 0 atom stereocenters. The quantitative estimate of drug-likeness (QED) is 0.176. The van der Waals surface area contributed by atoms with E-state index in [1.165, 1.54) is 93.1 Å². The third-order valence-electron chi connectivity index (χ3n) is 14.6. The zero-order valence-electron chi connectivity index (χ0n) is 39.3. The lowest BCUT2D eigenvalue weighted by atomic mass is 9.83. The number of anilines is 3. The summed E-state index contributed by atoms with van der Waals surface area (Å²) < 4.78 is 12.0. The summed E-state index contributed by atoms with van der Waals surface area (Å²) in [5.74, 6) is 0. The number of benzene rings is 8. The van der Waals surface area contributed by atoms with Crippen LogP contribution in [-0.4, -0.2) is 8.80 Å². The summed E-state index contributed by atoms with van der Waals surface area (Å²) in [5, 5.41) is 10.1. The summed E-state index contributed by atoms with van der Waals surface area (Å²) in [7, 11) is 0. The average molecular weight is 856 g/mol. The number of rotatable bonds is 4. The second-order valence-electron chi connectivity index (χ2n) is 21.9. The molecule has 0 aliphatic rings. The normalized spacial score (nSPS) is 13.2. The Kier molecular flexibility index (Phi) is 7.80. The molecule has 0 N–H and O–H groups in total. The van der Waals surface area contributed by atoms with Gasteiger partial charge in [-0.3, -0.25) is 0 Å². The number of hydrogen-bond donors (Lipinski definition) is 0. The van der Waals surface area contributed by atoms with Crippen molar-refractivity contribution >= 4 is 104 Å². The Morgan fingerprint density at radius 2 is 0.879 bits per heavy atom. The number of nitrogens with zero attached hydrogens (tertiary/aromatic N) is 3. The van der Waals surface area contributed by atoms with Crippen LogP contribution in [0.25, 0.3) is 98.5 Å². The van der Waals surface area contributed by atoms with E-state index in [0.717, 1.165) is 39.1 Å². The summed E-state index contributed by atoms with van der Waals surface area (Å²) in [6.07, 6.45) is 0. The molecule has 0 bridgehead atoms. The van der Waals surface area contributed by atoms with Crippen molar-refractivity contribution in [3.05, 3.63) is 174 Å². The second-order valence-corrected chi connectivity index (χ2v) is 21.9. The average Bonchev–Trinajstić information content (AvgIpc) is 4.09. The Labute approximate surface area is 385 Å². The summed E-state index contributed by atoms with van der Waals surface area (Å²) >= 11 is 0. The molecule has 13 aromatic rings. The Hall–Kier alpha value is -7.30. The molecule has 4 nitrogen and oxygen atoms in total. The van der Waals surface area contributed by atoms with E-state index in [9.17, 15) is 0 Å². The fraction of sp³-hybridized carbons (Fsp3) is 0.194. The van der Waals surface area contributed by atoms with E-state index in [1.807, 2.05) is 0 Å². The first-order valence-corrected chi connectivity index (χ1v) is 23.5. The molecule has 0 fully saturated rings. The first-order chi connectivity index (χ1) is 31.6. The fourth-order valence-electron chi connectivity index (χ4n) is 11.1. The zero-order chi connectivity index (χ0) is 45.2. The van der Waals surface area contributed by atoms with E-state index in [2.05, 4.69) is 234 Å². The molecule has 66 heavy (non-hydrogen) atoms. The van der Waals surface area contributed by atoms with Crippen molar-refractivity contribution in [1.29, 1.82) is 0 Å². The van der Waals surface area contributed by atoms with Gasteiger partial charge in [0.25, 0.3) is 0 Å². The van der Waals surface area contributed by atoms with Crippen LogP contribution >= 0.6 is 0 Å². The predicted molar refractivity (Wildman–Crippen MR) is 282 cm³/mol. The highest BCUT2D eigenvalue weighted by Gasteiger charge is 2.31. The van der Waals surface area contributed by atoms with Gasteiger partial charge < -0.3 is 18.1 Å². The maximum absolute atomic E-state index is 6.79. The van der Waals surface area contributed by atoms with Gasteiger partial charge in [0.1, 0.15) is 11.1 Å². The third-order valence-corrected chi connectivity index (χ3v) is 14.6. The molecule has 0 spiro atoms. The van der Waals surface area contributed by atoms with Crippen molar-refractivity contribution in [2.24, 2.45) is 0 Å². The number of para-hydroxylation sites is 3. The van der Waals surface area contributed by atoms with Crippen LogP contribution in [0.3, 0.4) is 0 Å². The smallest absolute Gasteiger partial charge is 0.161 e. The minimum Gasteiger partial charge on any atom is -0.454 e. The molecule has 0 unspecified atom stereocenters. The summed E-state index contributed by atoms with van der Waals surface area (Å²) in [5.41, 5.74) is 18.9. The molecule has 0 amide bonds. The molecular weight excluding hydrogens is 803 g/mol. The minimum atomic E-state index is -0.0802. The van der Waals surface area contributed by atoms with E-state index >= 15 is 0 Å². The predicted octanol–water partition coefficient (Wildman–Crippen LogP) is 17.8. The molecule has 0 saturated heterocycles. The lowest BCUT2D eigenvalue weighted by molar-refractivity contribution is 0.591. The van der Waals surface area contributed by atoms with Gasteiger partial charge in [-0.1, -0.05) is 129 Å². The van der Waals surface area contributed by atoms with Gasteiger partial charge in [-0.2, -0.15) is 0 Å². The highest BCUT2D eigenvalue weighted by molar-refractivity contribution is 6.35. The van der Waals surface area contributed by atoms with Crippen LogP contribution in [0.5, 0.6) is 0 Å². The number of hydrogen-bond acceptors (Lipinski definition) is 2. The Bertz CT molecular complexity index is 4030. The highest BCUT2D eigenvalue weighted by Crippen LogP contribution is 2.51. The Morgan fingerprint density at radius 3 is 1.50 bits per heavy atom. The Balaban J connectivity index is 1.20. The summed E-state index contributed by atoms with van der Waals surface area (Å²) in [6.45, 7) is 21.1. The monoisotopic (exact) mass is 855 g/mol. The molecule has 322 valence electrons. The van der Waals surface area contributed by atoms with Crippen molar-refractivity contribution in [2.45, 2.75) is 78.6 Å². The van der Waals surface area contributed by atoms with Crippen molar-refractivity contribution in [2.75, 3.05) is 4.90 Å². The molecule has 0 aliphatic heterocycles. The van der Waals surface area contributed by atoms with E-state index in [-0.39, 0.29) is 16.2 Å². The van der Waals surface area contributed by atoms with Crippen LogP contribution in [-0.2, 0) is 16.2 Å². The summed E-state index contributed by atoms with van der Waals surface area (Å²) in [6, 6.07) is 58.9. The van der Waals surface area contributed by atoms with E-state index in [0.29, 0.717) is 0 Å². The van der Waals surface area contributed by atoms with E-state index in [1.54, 1.807) is 0 Å². The SMILES string of the molecule is CC(C)(C)c1cc(-c2ccc(N(c3ccccc3)c3ccccc3)cc2)c2c(c1)c1cc(C(C)(C)C)cc3c4ccc5c(c6cc(C(C)(C)C)cc7c8oc9ccccc9c8n5c76)c4n2c13. The van der Waals surface area contributed by atoms with Gasteiger partial charge in [-0.05, 0) is 129 Å². The number of aromatic nitrogens is 2. The number of fused-ring (bicyclic) bond motifs is 15.